The number of aromatic nitrogens is 5. The molecule has 0 fully saturated rings. The van der Waals surface area contributed by atoms with Crippen LogP contribution in [0.3, 0.4) is 0 Å². The minimum absolute atomic E-state index is 0.166. The third-order valence-corrected chi connectivity index (χ3v) is 6.13. The Hall–Kier alpha value is -3.65. The quantitative estimate of drug-likeness (QED) is 0.359. The molecular weight excluding hydrogens is 422 g/mol. The molecule has 0 radical (unpaired) electrons. The summed E-state index contributed by atoms with van der Waals surface area (Å²) in [7, 11) is 0. The molecule has 0 unspecified atom stereocenters. The van der Waals surface area contributed by atoms with Crippen molar-refractivity contribution < 1.29 is 4.52 Å². The highest BCUT2D eigenvalue weighted by Gasteiger charge is 2.13. The molecular formula is C24H21N5O2S. The lowest BCUT2D eigenvalue weighted by Crippen LogP contribution is -2.21. The van der Waals surface area contributed by atoms with E-state index in [1.807, 2.05) is 48.7 Å². The lowest BCUT2D eigenvalue weighted by Gasteiger charge is -2.02. The van der Waals surface area contributed by atoms with Crippen LogP contribution in [-0.2, 0) is 13.0 Å². The van der Waals surface area contributed by atoms with Crippen molar-refractivity contribution >= 4 is 17.3 Å². The van der Waals surface area contributed by atoms with E-state index in [1.54, 1.807) is 33.2 Å². The van der Waals surface area contributed by atoms with Gasteiger partial charge >= 0.3 is 0 Å². The van der Waals surface area contributed by atoms with Gasteiger partial charge in [-0.05, 0) is 48.6 Å². The monoisotopic (exact) mass is 443 g/mol. The van der Waals surface area contributed by atoms with Gasteiger partial charge in [-0.2, -0.15) is 10.1 Å². The maximum atomic E-state index is 13.0. The van der Waals surface area contributed by atoms with Crippen LogP contribution >= 0.6 is 11.8 Å². The van der Waals surface area contributed by atoms with Crippen LogP contribution < -0.4 is 5.56 Å². The van der Waals surface area contributed by atoms with Gasteiger partial charge in [-0.25, -0.2) is 4.52 Å². The molecule has 0 spiro atoms. The molecule has 0 atom stereocenters. The van der Waals surface area contributed by atoms with E-state index in [9.17, 15) is 4.79 Å². The van der Waals surface area contributed by atoms with Crippen molar-refractivity contribution in [3.05, 3.63) is 88.8 Å². The molecule has 32 heavy (non-hydrogen) atoms. The van der Waals surface area contributed by atoms with E-state index in [0.29, 0.717) is 17.2 Å². The molecule has 2 aromatic carbocycles. The summed E-state index contributed by atoms with van der Waals surface area (Å²) in [5, 5.41) is 8.62. The second kappa shape index (κ2) is 8.47. The van der Waals surface area contributed by atoms with Gasteiger partial charge < -0.3 is 9.09 Å². The molecule has 0 bridgehead atoms. The second-order valence-corrected chi connectivity index (χ2v) is 8.26. The van der Waals surface area contributed by atoms with Crippen LogP contribution in [0, 0.1) is 0 Å². The Morgan fingerprint density at radius 3 is 2.47 bits per heavy atom. The molecule has 0 aliphatic rings. The zero-order chi connectivity index (χ0) is 22.1. The normalized spacial score (nSPS) is 11.3. The highest BCUT2D eigenvalue weighted by Crippen LogP contribution is 2.22. The number of rotatable bonds is 6. The third kappa shape index (κ3) is 3.85. The van der Waals surface area contributed by atoms with Crippen molar-refractivity contribution in [1.29, 1.82) is 0 Å². The van der Waals surface area contributed by atoms with E-state index in [1.165, 1.54) is 10.5 Å². The maximum absolute atomic E-state index is 13.0. The van der Waals surface area contributed by atoms with Gasteiger partial charge in [0.1, 0.15) is 12.1 Å². The number of fused-ring (bicyclic) bond motifs is 1. The molecule has 0 aliphatic heterocycles. The first-order valence-electron chi connectivity index (χ1n) is 10.3. The predicted molar refractivity (Wildman–Crippen MR) is 125 cm³/mol. The van der Waals surface area contributed by atoms with E-state index in [0.717, 1.165) is 23.2 Å². The third-order valence-electron chi connectivity index (χ3n) is 5.38. The summed E-state index contributed by atoms with van der Waals surface area (Å²) in [6.07, 6.45) is 6.46. The Kier molecular flexibility index (Phi) is 5.36. The Morgan fingerprint density at radius 1 is 1.00 bits per heavy atom. The van der Waals surface area contributed by atoms with Gasteiger partial charge in [-0.3, -0.25) is 4.79 Å². The number of aryl methyl sites for hydroxylation is 1. The van der Waals surface area contributed by atoms with E-state index in [-0.39, 0.29) is 12.1 Å². The Bertz CT molecular complexity index is 1430. The highest BCUT2D eigenvalue weighted by atomic mass is 32.2. The van der Waals surface area contributed by atoms with Crippen molar-refractivity contribution in [2.75, 3.05) is 6.26 Å². The van der Waals surface area contributed by atoms with Gasteiger partial charge in [-0.15, -0.1) is 11.8 Å². The summed E-state index contributed by atoms with van der Waals surface area (Å²) in [6.45, 7) is 2.31. The second-order valence-electron chi connectivity index (χ2n) is 7.38. The van der Waals surface area contributed by atoms with Crippen molar-refractivity contribution in [2.45, 2.75) is 24.8 Å². The average Bonchev–Trinajstić information content (AvgIpc) is 3.49. The van der Waals surface area contributed by atoms with Gasteiger partial charge in [0.25, 0.3) is 5.56 Å². The lowest BCUT2D eigenvalue weighted by atomic mass is 10.1. The molecule has 7 nitrogen and oxygen atoms in total. The summed E-state index contributed by atoms with van der Waals surface area (Å²) in [4.78, 5) is 18.7. The van der Waals surface area contributed by atoms with Crippen LogP contribution in [0.2, 0.25) is 0 Å². The fourth-order valence-corrected chi connectivity index (χ4v) is 3.93. The van der Waals surface area contributed by atoms with Gasteiger partial charge in [0.15, 0.2) is 0 Å². The number of hydrogen-bond donors (Lipinski definition) is 0. The van der Waals surface area contributed by atoms with E-state index in [4.69, 9.17) is 4.52 Å². The molecule has 8 heteroatoms. The topological polar surface area (TPSA) is 78.2 Å². The van der Waals surface area contributed by atoms with Gasteiger partial charge in [0.2, 0.25) is 11.7 Å². The van der Waals surface area contributed by atoms with Crippen LogP contribution in [0.15, 0.2) is 81.2 Å². The van der Waals surface area contributed by atoms with Crippen LogP contribution in [0.25, 0.3) is 28.2 Å². The van der Waals surface area contributed by atoms with Crippen molar-refractivity contribution in [3.8, 4) is 22.6 Å². The summed E-state index contributed by atoms with van der Waals surface area (Å²) in [6, 6.07) is 18.0. The lowest BCUT2D eigenvalue weighted by molar-refractivity contribution is 0.370. The van der Waals surface area contributed by atoms with Crippen molar-refractivity contribution in [1.82, 2.24) is 24.3 Å². The van der Waals surface area contributed by atoms with E-state index < -0.39 is 0 Å². The molecule has 5 rings (SSSR count). The fraction of sp³-hybridized carbons (Fsp3) is 0.167. The van der Waals surface area contributed by atoms with E-state index >= 15 is 0 Å². The number of benzene rings is 2. The summed E-state index contributed by atoms with van der Waals surface area (Å²) < 4.78 is 8.55. The maximum Gasteiger partial charge on any atom is 0.277 e. The smallest absolute Gasteiger partial charge is 0.277 e. The highest BCUT2D eigenvalue weighted by molar-refractivity contribution is 7.98. The number of hydrogen-bond acceptors (Lipinski definition) is 6. The van der Waals surface area contributed by atoms with Gasteiger partial charge in [0.05, 0.1) is 5.69 Å². The summed E-state index contributed by atoms with van der Waals surface area (Å²) in [5.41, 5.74) is 4.20. The van der Waals surface area contributed by atoms with Crippen LogP contribution in [0.4, 0.5) is 0 Å². The van der Waals surface area contributed by atoms with Gasteiger partial charge in [-0.1, -0.05) is 36.3 Å². The standard InChI is InChI=1S/C24H21N5O2S/c1-3-16-4-6-17(7-5-16)20-14-21-24(30)28(12-13-29(21)26-20)15-22-25-23(27-31-22)18-8-10-19(32-2)11-9-18/h4-14H,3,15H2,1-2H3. The molecule has 160 valence electrons. The molecule has 0 saturated heterocycles. The largest absolute Gasteiger partial charge is 0.337 e. The molecule has 5 aromatic rings. The number of nitrogens with zero attached hydrogens (tertiary/aromatic N) is 5. The minimum atomic E-state index is -0.166. The Labute approximate surface area is 188 Å². The predicted octanol–water partition coefficient (Wildman–Crippen LogP) is 4.55. The van der Waals surface area contributed by atoms with Crippen LogP contribution in [-0.4, -0.2) is 30.6 Å². The SMILES string of the molecule is CCc1ccc(-c2cc3c(=O)n(Cc4nc(-c5ccc(SC)cc5)no4)ccn3n2)cc1. The first-order chi connectivity index (χ1) is 15.6. The van der Waals surface area contributed by atoms with Crippen molar-refractivity contribution in [3.63, 3.8) is 0 Å². The minimum Gasteiger partial charge on any atom is -0.337 e. The van der Waals surface area contributed by atoms with Crippen molar-refractivity contribution in [2.24, 2.45) is 0 Å². The van der Waals surface area contributed by atoms with Crippen LogP contribution in [0.1, 0.15) is 18.4 Å². The molecule has 3 heterocycles. The Balaban J connectivity index is 1.41. The number of thioether (sulfide) groups is 1. The molecule has 0 N–H and O–H groups in total. The Morgan fingerprint density at radius 2 is 1.75 bits per heavy atom. The average molecular weight is 444 g/mol. The first kappa shape index (κ1) is 20.3. The van der Waals surface area contributed by atoms with Crippen LogP contribution in [0.5, 0.6) is 0 Å². The first-order valence-corrected chi connectivity index (χ1v) is 11.5. The molecule has 3 aromatic heterocycles. The summed E-state index contributed by atoms with van der Waals surface area (Å²) >= 11 is 1.67. The summed E-state index contributed by atoms with van der Waals surface area (Å²) in [5.74, 6) is 0.874. The molecule has 0 aliphatic carbocycles. The zero-order valence-electron chi connectivity index (χ0n) is 17.7. The van der Waals surface area contributed by atoms with E-state index in [2.05, 4.69) is 34.3 Å². The molecule has 0 saturated carbocycles. The fourth-order valence-electron chi connectivity index (χ4n) is 3.53. The molecule has 0 amide bonds. The van der Waals surface area contributed by atoms with Gasteiger partial charge in [0, 0.05) is 28.4 Å². The zero-order valence-corrected chi connectivity index (χ0v) is 18.5.